The van der Waals surface area contributed by atoms with Crippen LogP contribution in [-0.2, 0) is 42.5 Å². The van der Waals surface area contributed by atoms with Crippen molar-refractivity contribution in [3.63, 3.8) is 0 Å². The molecule has 0 aliphatic carbocycles. The number of esters is 2. The van der Waals surface area contributed by atoms with E-state index in [0.29, 0.717) is 18.8 Å². The molecule has 0 saturated carbocycles. The molecular formula is C36H73IN2O10S2Si. The molecular weight excluding hydrogens is 840 g/mol. The highest BCUT2D eigenvalue weighted by atomic mass is 127. The number of hydrogen-bond acceptors (Lipinski definition) is 11. The molecule has 1 aromatic carbocycles. The lowest BCUT2D eigenvalue weighted by Crippen LogP contribution is -3.00. The van der Waals surface area contributed by atoms with Crippen LogP contribution in [-0.4, -0.2) is 142 Å². The van der Waals surface area contributed by atoms with Gasteiger partial charge in [-0.3, -0.25) is 4.79 Å². The van der Waals surface area contributed by atoms with Crippen molar-refractivity contribution in [3.8, 4) is 0 Å². The Bertz CT molecular complexity index is 1160. The quantitative estimate of drug-likeness (QED) is 0.0323. The van der Waals surface area contributed by atoms with E-state index >= 15 is 0 Å². The maximum absolute atomic E-state index is 12.1. The number of likely N-dealkylation sites (N-methyl/N-ethyl adjacent to an activating group) is 2. The Hall–Kier alpha value is -1.09. The molecule has 0 fully saturated rings. The fourth-order valence-electron chi connectivity index (χ4n) is 3.93. The molecule has 310 valence electrons. The molecule has 0 heterocycles. The van der Waals surface area contributed by atoms with Crippen molar-refractivity contribution in [1.82, 2.24) is 0 Å². The normalized spacial score (nSPS) is 11.8. The highest BCUT2D eigenvalue weighted by Gasteiger charge is 2.36. The van der Waals surface area contributed by atoms with E-state index in [4.69, 9.17) is 22.8 Å². The summed E-state index contributed by atoms with van der Waals surface area (Å²) < 4.78 is 59.4. The van der Waals surface area contributed by atoms with E-state index < -0.39 is 18.9 Å². The standard InChI is InChI=1S/C17H38NO5SSi.C11H22NO2.C6H6O3S.2CH4.HI/c1-8-18(4,9-2)11-12-23-17(19)16(3)15-24-13-10-14-25(20-5,21-6)22-7;1-6-12(5,7-2)8-9-14-11(13)10(3)4;7-10(8,9)6-4-2-1-3-5-6;;;/h16H,8-15H2,1-7H3;3,6-9H2,1-2,4-5H3;1-5H,(H,7,8,9);2*1H4;1H/q2*+1;;;;/p-2. The van der Waals surface area contributed by atoms with Crippen LogP contribution in [0.1, 0.15) is 62.8 Å². The SMILES string of the molecule is C.C.C=C(C)C(=O)OCC[N+](C)(CC)CC.CC[N+](C)(CC)CCOC(=O)C(C)CSCCC[Si](OC)(OC)OC.O=S(=O)([O-])c1ccccc1.[I-]. The molecule has 0 saturated heterocycles. The number of carbonyl (C=O) groups excluding carboxylic acids is 2. The van der Waals surface area contributed by atoms with Crippen LogP contribution in [0.3, 0.4) is 0 Å². The molecule has 0 aromatic heterocycles. The van der Waals surface area contributed by atoms with Crippen molar-refractivity contribution in [3.05, 3.63) is 42.5 Å². The maximum Gasteiger partial charge on any atom is 0.500 e. The van der Waals surface area contributed by atoms with E-state index in [9.17, 15) is 22.6 Å². The van der Waals surface area contributed by atoms with Crippen LogP contribution in [0.4, 0.5) is 0 Å². The number of benzene rings is 1. The van der Waals surface area contributed by atoms with Gasteiger partial charge in [-0.1, -0.05) is 46.6 Å². The molecule has 0 aliphatic heterocycles. The van der Waals surface area contributed by atoms with Gasteiger partial charge in [0.15, 0.2) is 0 Å². The average Bonchev–Trinajstić information content (AvgIpc) is 3.10. The van der Waals surface area contributed by atoms with Gasteiger partial charge in [0.05, 0.1) is 51.1 Å². The Morgan fingerprint density at radius 3 is 1.63 bits per heavy atom. The first-order valence-corrected chi connectivity index (χ1v) is 21.3. The summed E-state index contributed by atoms with van der Waals surface area (Å²) >= 11 is 1.76. The largest absolute Gasteiger partial charge is 1.00 e. The smallest absolute Gasteiger partial charge is 0.500 e. The number of ether oxygens (including phenoxy) is 2. The third-order valence-electron chi connectivity index (χ3n) is 8.65. The van der Waals surface area contributed by atoms with Crippen molar-refractivity contribution >= 4 is 42.6 Å². The Labute approximate surface area is 340 Å². The van der Waals surface area contributed by atoms with Gasteiger partial charge >= 0.3 is 20.7 Å². The summed E-state index contributed by atoms with van der Waals surface area (Å²) in [5, 5.41) is 0. The molecule has 0 radical (unpaired) electrons. The first-order valence-electron chi connectivity index (χ1n) is 16.8. The molecule has 0 N–H and O–H groups in total. The topological polar surface area (TPSA) is 137 Å². The third-order valence-corrected chi connectivity index (χ3v) is 13.6. The lowest BCUT2D eigenvalue weighted by molar-refractivity contribution is -0.906. The lowest BCUT2D eigenvalue weighted by Gasteiger charge is -2.31. The number of halogens is 1. The number of thioether (sulfide) groups is 1. The van der Waals surface area contributed by atoms with Gasteiger partial charge in [0.1, 0.15) is 36.4 Å². The van der Waals surface area contributed by atoms with Crippen molar-refractivity contribution in [2.45, 2.75) is 73.8 Å². The highest BCUT2D eigenvalue weighted by Crippen LogP contribution is 2.19. The summed E-state index contributed by atoms with van der Waals surface area (Å²) in [4.78, 5) is 23.0. The highest BCUT2D eigenvalue weighted by molar-refractivity contribution is 7.99. The van der Waals surface area contributed by atoms with Gasteiger partial charge < -0.3 is 60.2 Å². The second-order valence-electron chi connectivity index (χ2n) is 12.2. The molecule has 0 amide bonds. The number of rotatable bonds is 22. The molecule has 1 atom stereocenters. The van der Waals surface area contributed by atoms with E-state index in [1.807, 2.05) is 6.92 Å². The first-order chi connectivity index (χ1) is 22.9. The Morgan fingerprint density at radius 1 is 0.865 bits per heavy atom. The predicted molar refractivity (Wildman–Crippen MR) is 212 cm³/mol. The van der Waals surface area contributed by atoms with E-state index in [2.05, 4.69) is 48.4 Å². The zero-order chi connectivity index (χ0) is 38.2. The molecule has 12 nitrogen and oxygen atoms in total. The van der Waals surface area contributed by atoms with Crippen molar-refractivity contribution < 1.29 is 78.3 Å². The van der Waals surface area contributed by atoms with Crippen LogP contribution in [0.5, 0.6) is 0 Å². The lowest BCUT2D eigenvalue weighted by atomic mass is 10.2. The van der Waals surface area contributed by atoms with Gasteiger partial charge in [0, 0.05) is 38.7 Å². The molecule has 1 aromatic rings. The van der Waals surface area contributed by atoms with E-state index in [0.717, 1.165) is 72.2 Å². The number of nitrogens with zero attached hydrogens (tertiary/aromatic N) is 2. The zero-order valence-corrected chi connectivity index (χ0v) is 37.1. The fraction of sp³-hybridized carbons (Fsp3) is 0.722. The Kier molecular flexibility index (Phi) is 37.2. The van der Waals surface area contributed by atoms with Crippen LogP contribution < -0.4 is 24.0 Å². The molecule has 0 bridgehead atoms. The van der Waals surface area contributed by atoms with Crippen LogP contribution in [0, 0.1) is 5.92 Å². The van der Waals surface area contributed by atoms with Crippen molar-refractivity contribution in [2.75, 3.05) is 99.4 Å². The van der Waals surface area contributed by atoms with Crippen LogP contribution in [0.2, 0.25) is 6.04 Å². The molecule has 52 heavy (non-hydrogen) atoms. The minimum Gasteiger partial charge on any atom is -1.00 e. The average molecular weight is 913 g/mol. The third kappa shape index (κ3) is 26.6. The number of carbonyl (C=O) groups is 2. The molecule has 1 rings (SSSR count). The minimum atomic E-state index is -4.25. The van der Waals surface area contributed by atoms with Gasteiger partial charge in [-0.2, -0.15) is 11.8 Å². The van der Waals surface area contributed by atoms with E-state index in [-0.39, 0.29) is 61.6 Å². The summed E-state index contributed by atoms with van der Waals surface area (Å²) in [7, 11) is 2.52. The van der Waals surface area contributed by atoms with Crippen molar-refractivity contribution in [2.24, 2.45) is 5.92 Å². The van der Waals surface area contributed by atoms with Gasteiger partial charge in [0.25, 0.3) is 0 Å². The van der Waals surface area contributed by atoms with E-state index in [1.54, 1.807) is 46.1 Å². The van der Waals surface area contributed by atoms with Crippen LogP contribution >= 0.6 is 11.8 Å². The predicted octanol–water partition coefficient (Wildman–Crippen LogP) is 3.11. The second kappa shape index (κ2) is 32.2. The van der Waals surface area contributed by atoms with Gasteiger partial charge in [-0.05, 0) is 58.9 Å². The van der Waals surface area contributed by atoms with E-state index in [1.165, 1.54) is 24.3 Å². The fourth-order valence-corrected chi connectivity index (χ4v) is 7.41. The molecule has 16 heteroatoms. The Morgan fingerprint density at radius 2 is 1.29 bits per heavy atom. The minimum absolute atomic E-state index is 0. The van der Waals surface area contributed by atoms with Crippen molar-refractivity contribution in [1.29, 1.82) is 0 Å². The summed E-state index contributed by atoms with van der Waals surface area (Å²) in [5.41, 5.74) is 0.465. The molecule has 0 aliphatic rings. The van der Waals surface area contributed by atoms with Gasteiger partial charge in [-0.15, -0.1) is 0 Å². The van der Waals surface area contributed by atoms with Crippen LogP contribution in [0.15, 0.2) is 47.4 Å². The van der Waals surface area contributed by atoms with Gasteiger partial charge in [0.2, 0.25) is 0 Å². The van der Waals surface area contributed by atoms with Gasteiger partial charge in [-0.25, -0.2) is 13.2 Å². The molecule has 1 unspecified atom stereocenters. The Balaban J connectivity index is -0.000000230. The summed E-state index contributed by atoms with van der Waals surface area (Å²) in [6, 6.07) is 7.97. The second-order valence-corrected chi connectivity index (χ2v) is 17.8. The number of hydrogen-bond donors (Lipinski definition) is 0. The molecule has 0 spiro atoms. The van der Waals surface area contributed by atoms with Crippen LogP contribution in [0.25, 0.3) is 0 Å². The number of quaternary nitrogens is 2. The summed E-state index contributed by atoms with van der Waals surface area (Å²) in [6.07, 6.45) is 0.941. The summed E-state index contributed by atoms with van der Waals surface area (Å²) in [6.45, 7) is 22.7. The monoisotopic (exact) mass is 912 g/mol. The zero-order valence-electron chi connectivity index (χ0n) is 32.3. The summed E-state index contributed by atoms with van der Waals surface area (Å²) in [5.74, 6) is 1.25. The first kappa shape index (κ1) is 60.2. The maximum atomic E-state index is 12.1.